The minimum absolute atomic E-state index is 0.491. The number of hydrogen-bond acceptors (Lipinski definition) is 8. The molecule has 0 unspecified atom stereocenters. The SMILES string of the molecule is COc1ccccc1-c1csc(C2CCN(c3cc(N4CCOCC4)ncn3)CC2)n1. The average Bonchev–Trinajstić information content (AvgIpc) is 3.35. The summed E-state index contributed by atoms with van der Waals surface area (Å²) in [5, 5.41) is 3.37. The number of ether oxygens (including phenoxy) is 2. The lowest BCUT2D eigenvalue weighted by Gasteiger charge is -2.33. The maximum Gasteiger partial charge on any atom is 0.134 e. The van der Waals surface area contributed by atoms with Crippen LogP contribution in [0.15, 0.2) is 42.0 Å². The van der Waals surface area contributed by atoms with Gasteiger partial charge in [-0.15, -0.1) is 11.3 Å². The molecule has 2 fully saturated rings. The van der Waals surface area contributed by atoms with Crippen molar-refractivity contribution < 1.29 is 9.47 Å². The molecular formula is C23H27N5O2S. The third kappa shape index (κ3) is 4.36. The number of nitrogens with zero attached hydrogens (tertiary/aromatic N) is 5. The zero-order valence-corrected chi connectivity index (χ0v) is 18.6. The van der Waals surface area contributed by atoms with Gasteiger partial charge in [0.2, 0.25) is 0 Å². The quantitative estimate of drug-likeness (QED) is 0.601. The highest BCUT2D eigenvalue weighted by Gasteiger charge is 2.25. The van der Waals surface area contributed by atoms with Crippen LogP contribution in [-0.2, 0) is 4.74 Å². The highest BCUT2D eigenvalue weighted by Crippen LogP contribution is 2.36. The monoisotopic (exact) mass is 437 g/mol. The molecule has 0 saturated carbocycles. The van der Waals surface area contributed by atoms with Crippen LogP contribution in [0.1, 0.15) is 23.8 Å². The first kappa shape index (κ1) is 20.2. The van der Waals surface area contributed by atoms with Crippen molar-refractivity contribution in [3.8, 4) is 17.0 Å². The number of piperidine rings is 1. The average molecular weight is 438 g/mol. The Morgan fingerprint density at radius 2 is 1.71 bits per heavy atom. The number of anilines is 2. The molecule has 0 atom stereocenters. The molecule has 0 spiro atoms. The number of methoxy groups -OCH3 is 1. The molecule has 5 rings (SSSR count). The molecular weight excluding hydrogens is 410 g/mol. The molecule has 2 aliphatic rings. The van der Waals surface area contributed by atoms with Gasteiger partial charge in [0.25, 0.3) is 0 Å². The number of hydrogen-bond donors (Lipinski definition) is 0. The summed E-state index contributed by atoms with van der Waals surface area (Å²) in [6.45, 7) is 5.25. The van der Waals surface area contributed by atoms with Crippen LogP contribution in [0.5, 0.6) is 5.75 Å². The van der Waals surface area contributed by atoms with Crippen molar-refractivity contribution in [2.45, 2.75) is 18.8 Å². The molecule has 0 N–H and O–H groups in total. The number of benzene rings is 1. The summed E-state index contributed by atoms with van der Waals surface area (Å²) in [5.74, 6) is 3.37. The van der Waals surface area contributed by atoms with Crippen LogP contribution in [0.2, 0.25) is 0 Å². The molecule has 8 heteroatoms. The number of rotatable bonds is 5. The summed E-state index contributed by atoms with van der Waals surface area (Å²) in [6, 6.07) is 10.2. The summed E-state index contributed by atoms with van der Waals surface area (Å²) in [6.07, 6.45) is 3.85. The Bertz CT molecular complexity index is 1010. The topological polar surface area (TPSA) is 63.6 Å². The van der Waals surface area contributed by atoms with E-state index in [1.807, 2.05) is 18.2 Å². The first-order valence-electron chi connectivity index (χ1n) is 10.8. The van der Waals surface area contributed by atoms with E-state index in [0.717, 1.165) is 80.9 Å². The van der Waals surface area contributed by atoms with Gasteiger partial charge in [-0.1, -0.05) is 12.1 Å². The summed E-state index contributed by atoms with van der Waals surface area (Å²) in [4.78, 5) is 18.6. The maximum absolute atomic E-state index is 5.51. The predicted octanol–water partition coefficient (Wildman–Crippen LogP) is 3.83. The maximum atomic E-state index is 5.51. The number of morpholine rings is 1. The van der Waals surface area contributed by atoms with E-state index in [4.69, 9.17) is 14.5 Å². The minimum Gasteiger partial charge on any atom is -0.496 e. The van der Waals surface area contributed by atoms with Gasteiger partial charge in [0.15, 0.2) is 0 Å². The molecule has 0 bridgehead atoms. The van der Waals surface area contributed by atoms with E-state index in [9.17, 15) is 0 Å². The smallest absolute Gasteiger partial charge is 0.134 e. The Hall–Kier alpha value is -2.71. The molecule has 0 amide bonds. The Balaban J connectivity index is 1.25. The number of para-hydroxylation sites is 1. The molecule has 31 heavy (non-hydrogen) atoms. The fourth-order valence-corrected chi connectivity index (χ4v) is 5.28. The first-order chi connectivity index (χ1) is 15.3. The van der Waals surface area contributed by atoms with Gasteiger partial charge in [-0.05, 0) is 25.0 Å². The lowest BCUT2D eigenvalue weighted by Crippen LogP contribution is -2.37. The van der Waals surface area contributed by atoms with Gasteiger partial charge in [0, 0.05) is 49.1 Å². The predicted molar refractivity (Wildman–Crippen MR) is 123 cm³/mol. The van der Waals surface area contributed by atoms with Gasteiger partial charge in [-0.2, -0.15) is 0 Å². The molecule has 2 aliphatic heterocycles. The van der Waals surface area contributed by atoms with Gasteiger partial charge in [0.05, 0.1) is 31.0 Å². The highest BCUT2D eigenvalue weighted by atomic mass is 32.1. The van der Waals surface area contributed by atoms with Gasteiger partial charge < -0.3 is 19.3 Å². The van der Waals surface area contributed by atoms with E-state index in [1.165, 1.54) is 5.01 Å². The van der Waals surface area contributed by atoms with Crippen molar-refractivity contribution in [2.75, 3.05) is 56.3 Å². The lowest BCUT2D eigenvalue weighted by atomic mass is 9.97. The molecule has 0 aliphatic carbocycles. The van der Waals surface area contributed by atoms with Gasteiger partial charge in [-0.3, -0.25) is 0 Å². The van der Waals surface area contributed by atoms with Crippen molar-refractivity contribution >= 4 is 23.0 Å². The minimum atomic E-state index is 0.491. The van der Waals surface area contributed by atoms with E-state index in [-0.39, 0.29) is 0 Å². The Morgan fingerprint density at radius 3 is 2.45 bits per heavy atom. The lowest BCUT2D eigenvalue weighted by molar-refractivity contribution is 0.122. The van der Waals surface area contributed by atoms with Gasteiger partial charge in [0.1, 0.15) is 23.7 Å². The van der Waals surface area contributed by atoms with Crippen LogP contribution < -0.4 is 14.5 Å². The molecule has 2 aromatic heterocycles. The fraction of sp³-hybridized carbons (Fsp3) is 0.435. The zero-order chi connectivity index (χ0) is 21.0. The van der Waals surface area contributed by atoms with Crippen LogP contribution in [0.25, 0.3) is 11.3 Å². The Labute approximate surface area is 186 Å². The molecule has 7 nitrogen and oxygen atoms in total. The molecule has 2 saturated heterocycles. The third-order valence-corrected chi connectivity index (χ3v) is 7.05. The number of aromatic nitrogens is 3. The van der Waals surface area contributed by atoms with Gasteiger partial charge in [-0.25, -0.2) is 15.0 Å². The van der Waals surface area contributed by atoms with Crippen molar-refractivity contribution in [3.05, 3.63) is 47.0 Å². The van der Waals surface area contributed by atoms with E-state index >= 15 is 0 Å². The standard InChI is InChI=1S/C23H27N5O2S/c1-29-20-5-3-2-4-18(20)19-15-31-23(26-19)17-6-8-27(9-7-17)21-14-22(25-16-24-21)28-10-12-30-13-11-28/h2-5,14-17H,6-13H2,1H3. The summed E-state index contributed by atoms with van der Waals surface area (Å²) >= 11 is 1.76. The second-order valence-electron chi connectivity index (χ2n) is 7.87. The number of thiazole rings is 1. The second kappa shape index (κ2) is 9.20. The van der Waals surface area contributed by atoms with Crippen molar-refractivity contribution in [2.24, 2.45) is 0 Å². The highest BCUT2D eigenvalue weighted by molar-refractivity contribution is 7.10. The first-order valence-corrected chi connectivity index (χ1v) is 11.7. The zero-order valence-electron chi connectivity index (χ0n) is 17.7. The summed E-state index contributed by atoms with van der Waals surface area (Å²) in [7, 11) is 1.71. The third-order valence-electron chi connectivity index (χ3n) is 6.05. The Kier molecular flexibility index (Phi) is 5.99. The van der Waals surface area contributed by atoms with E-state index in [1.54, 1.807) is 24.8 Å². The fourth-order valence-electron chi connectivity index (χ4n) is 4.29. The van der Waals surface area contributed by atoms with Crippen LogP contribution in [0, 0.1) is 0 Å². The van der Waals surface area contributed by atoms with Crippen molar-refractivity contribution in [1.29, 1.82) is 0 Å². The van der Waals surface area contributed by atoms with Crippen LogP contribution in [0.3, 0.4) is 0 Å². The van der Waals surface area contributed by atoms with Crippen LogP contribution in [0.4, 0.5) is 11.6 Å². The van der Waals surface area contributed by atoms with E-state index < -0.39 is 0 Å². The molecule has 162 valence electrons. The summed E-state index contributed by atoms with van der Waals surface area (Å²) in [5.41, 5.74) is 2.06. The second-order valence-corrected chi connectivity index (χ2v) is 8.76. The van der Waals surface area contributed by atoms with E-state index in [0.29, 0.717) is 5.92 Å². The molecule has 3 aromatic rings. The summed E-state index contributed by atoms with van der Waals surface area (Å²) < 4.78 is 11.0. The largest absolute Gasteiger partial charge is 0.496 e. The van der Waals surface area contributed by atoms with Crippen molar-refractivity contribution in [1.82, 2.24) is 15.0 Å². The van der Waals surface area contributed by atoms with E-state index in [2.05, 4.69) is 37.3 Å². The normalized spacial score (nSPS) is 17.7. The van der Waals surface area contributed by atoms with Gasteiger partial charge >= 0.3 is 0 Å². The molecule has 1 aromatic carbocycles. The van der Waals surface area contributed by atoms with Crippen LogP contribution >= 0.6 is 11.3 Å². The molecule has 4 heterocycles. The Morgan fingerprint density at radius 1 is 1.00 bits per heavy atom. The van der Waals surface area contributed by atoms with Crippen molar-refractivity contribution in [3.63, 3.8) is 0 Å². The molecule has 0 radical (unpaired) electrons. The van der Waals surface area contributed by atoms with Crippen LogP contribution in [-0.4, -0.2) is 61.5 Å².